The zero-order valence-corrected chi connectivity index (χ0v) is 16.8. The molecule has 0 bridgehead atoms. The van der Waals surface area contributed by atoms with Gasteiger partial charge < -0.3 is 13.6 Å². The Labute approximate surface area is 157 Å². The number of hydrogen-bond acceptors (Lipinski definition) is 5. The molecule has 0 amide bonds. The molecular weight excluding hydrogens is 348 g/mol. The van der Waals surface area contributed by atoms with E-state index in [4.69, 9.17) is 4.42 Å². The van der Waals surface area contributed by atoms with Crippen molar-refractivity contribution >= 4 is 17.5 Å². The van der Waals surface area contributed by atoms with Gasteiger partial charge in [-0.05, 0) is 46.8 Å². The average molecular weight is 372 g/mol. The number of carbonyl (C=O) groups is 1. The molecule has 0 unspecified atom stereocenters. The van der Waals surface area contributed by atoms with Crippen molar-refractivity contribution in [1.82, 2.24) is 19.3 Å². The quantitative estimate of drug-likeness (QED) is 0.475. The van der Waals surface area contributed by atoms with Gasteiger partial charge >= 0.3 is 0 Å². The molecule has 0 atom stereocenters. The van der Waals surface area contributed by atoms with E-state index >= 15 is 0 Å². The molecule has 0 aliphatic heterocycles. The Kier molecular flexibility index (Phi) is 5.09. The summed E-state index contributed by atoms with van der Waals surface area (Å²) in [6.07, 6.45) is 1.64. The van der Waals surface area contributed by atoms with Gasteiger partial charge in [-0.2, -0.15) is 0 Å². The molecule has 0 aliphatic carbocycles. The van der Waals surface area contributed by atoms with Gasteiger partial charge in [-0.1, -0.05) is 11.8 Å². The maximum absolute atomic E-state index is 12.7. The molecule has 3 rings (SSSR count). The fourth-order valence-corrected chi connectivity index (χ4v) is 4.15. The molecular formula is C19H24N4O2S. The zero-order valence-electron chi connectivity index (χ0n) is 16.0. The molecule has 0 aromatic carbocycles. The summed E-state index contributed by atoms with van der Waals surface area (Å²) in [5.41, 5.74) is 3.84. The maximum atomic E-state index is 12.7. The Balaban J connectivity index is 1.76. The molecule has 7 heteroatoms. The molecule has 138 valence electrons. The van der Waals surface area contributed by atoms with Crippen molar-refractivity contribution in [2.75, 3.05) is 5.75 Å². The fraction of sp³-hybridized carbons (Fsp3) is 0.421. The van der Waals surface area contributed by atoms with Crippen LogP contribution in [0.1, 0.15) is 47.4 Å². The molecule has 0 radical (unpaired) electrons. The first-order valence-electron chi connectivity index (χ1n) is 8.59. The number of aromatic nitrogens is 4. The van der Waals surface area contributed by atoms with E-state index in [1.807, 2.05) is 44.5 Å². The van der Waals surface area contributed by atoms with E-state index < -0.39 is 0 Å². The predicted octanol–water partition coefficient (Wildman–Crippen LogP) is 4.36. The van der Waals surface area contributed by atoms with Crippen LogP contribution in [0.25, 0.3) is 11.4 Å². The highest BCUT2D eigenvalue weighted by atomic mass is 32.2. The van der Waals surface area contributed by atoms with Crippen molar-refractivity contribution in [3.8, 4) is 11.4 Å². The number of nitrogens with zero attached hydrogens (tertiary/aromatic N) is 4. The van der Waals surface area contributed by atoms with Crippen LogP contribution in [-0.2, 0) is 7.05 Å². The number of carbonyl (C=O) groups excluding carboxylic acids is 1. The second-order valence-electron chi connectivity index (χ2n) is 6.72. The Morgan fingerprint density at radius 3 is 2.58 bits per heavy atom. The summed E-state index contributed by atoms with van der Waals surface area (Å²) in [6.45, 7) is 10.2. The molecule has 0 spiro atoms. The van der Waals surface area contributed by atoms with Crippen LogP contribution in [0.15, 0.2) is 28.0 Å². The van der Waals surface area contributed by atoms with Crippen molar-refractivity contribution in [3.05, 3.63) is 41.1 Å². The van der Waals surface area contributed by atoms with E-state index in [1.165, 1.54) is 11.8 Å². The summed E-state index contributed by atoms with van der Waals surface area (Å²) in [5, 5.41) is 9.19. The minimum absolute atomic E-state index is 0.110. The number of Topliss-reactive ketones (excluding diaryl/α,β-unsaturated/α-hetero) is 1. The van der Waals surface area contributed by atoms with Crippen LogP contribution in [0.4, 0.5) is 0 Å². The van der Waals surface area contributed by atoms with Crippen molar-refractivity contribution in [2.24, 2.45) is 7.05 Å². The van der Waals surface area contributed by atoms with Crippen LogP contribution >= 0.6 is 11.8 Å². The molecule has 3 aromatic rings. The Morgan fingerprint density at radius 1 is 1.27 bits per heavy atom. The highest BCUT2D eigenvalue weighted by Crippen LogP contribution is 2.27. The SMILES string of the molecule is Cc1occc1-c1nnc(SCC(=O)c2cc(C)n(C(C)C)c2C)n1C. The van der Waals surface area contributed by atoms with Crippen molar-refractivity contribution < 1.29 is 9.21 Å². The number of ketones is 1. The molecule has 3 aromatic heterocycles. The maximum Gasteiger partial charge on any atom is 0.191 e. The monoisotopic (exact) mass is 372 g/mol. The Morgan fingerprint density at radius 2 is 2.00 bits per heavy atom. The summed E-state index contributed by atoms with van der Waals surface area (Å²) in [7, 11) is 1.90. The van der Waals surface area contributed by atoms with Gasteiger partial charge in [-0.25, -0.2) is 0 Å². The molecule has 0 aliphatic rings. The van der Waals surface area contributed by atoms with Crippen molar-refractivity contribution in [1.29, 1.82) is 0 Å². The lowest BCUT2D eigenvalue weighted by molar-refractivity contribution is 0.102. The number of aryl methyl sites for hydroxylation is 2. The van der Waals surface area contributed by atoms with Gasteiger partial charge in [-0.3, -0.25) is 4.79 Å². The van der Waals surface area contributed by atoms with E-state index in [0.717, 1.165) is 34.1 Å². The van der Waals surface area contributed by atoms with E-state index in [-0.39, 0.29) is 5.78 Å². The van der Waals surface area contributed by atoms with E-state index in [9.17, 15) is 4.79 Å². The van der Waals surface area contributed by atoms with Crippen LogP contribution in [0.3, 0.4) is 0 Å². The van der Waals surface area contributed by atoms with Crippen molar-refractivity contribution in [2.45, 2.75) is 45.8 Å². The molecule has 0 saturated carbocycles. The third-order valence-corrected chi connectivity index (χ3v) is 5.59. The summed E-state index contributed by atoms with van der Waals surface area (Å²) >= 11 is 1.41. The first kappa shape index (κ1) is 18.5. The molecule has 0 fully saturated rings. The molecule has 3 heterocycles. The standard InChI is InChI=1S/C19H24N4O2S/c1-11(2)23-12(3)9-16(13(23)4)17(24)10-26-19-21-20-18(22(19)6)15-7-8-25-14(15)5/h7-9,11H,10H2,1-6H3. The molecule has 0 N–H and O–H groups in total. The first-order chi connectivity index (χ1) is 12.3. The largest absolute Gasteiger partial charge is 0.469 e. The van der Waals surface area contributed by atoms with Gasteiger partial charge in [0, 0.05) is 30.0 Å². The Bertz CT molecular complexity index is 949. The lowest BCUT2D eigenvalue weighted by Crippen LogP contribution is -2.08. The van der Waals surface area contributed by atoms with Gasteiger partial charge in [0.15, 0.2) is 16.8 Å². The first-order valence-corrected chi connectivity index (χ1v) is 9.58. The van der Waals surface area contributed by atoms with E-state index in [2.05, 4.69) is 28.6 Å². The van der Waals surface area contributed by atoms with Gasteiger partial charge in [0.2, 0.25) is 0 Å². The van der Waals surface area contributed by atoms with Crippen LogP contribution in [-0.4, -0.2) is 30.9 Å². The predicted molar refractivity (Wildman–Crippen MR) is 103 cm³/mol. The third kappa shape index (κ3) is 3.23. The van der Waals surface area contributed by atoms with Gasteiger partial charge in [0.05, 0.1) is 17.6 Å². The summed E-state index contributed by atoms with van der Waals surface area (Å²) in [4.78, 5) is 12.7. The lowest BCUT2D eigenvalue weighted by atomic mass is 10.2. The third-order valence-electron chi connectivity index (χ3n) is 4.57. The molecule has 0 saturated heterocycles. The van der Waals surface area contributed by atoms with Crippen molar-refractivity contribution in [3.63, 3.8) is 0 Å². The second kappa shape index (κ2) is 7.15. The Hall–Kier alpha value is -2.28. The normalized spacial score (nSPS) is 11.5. The van der Waals surface area contributed by atoms with Gasteiger partial charge in [-0.15, -0.1) is 10.2 Å². The number of hydrogen-bond donors (Lipinski definition) is 0. The zero-order chi connectivity index (χ0) is 19.0. The summed E-state index contributed by atoms with van der Waals surface area (Å²) in [6, 6.07) is 4.19. The number of furan rings is 1. The van der Waals surface area contributed by atoms with Gasteiger partial charge in [0.25, 0.3) is 0 Å². The van der Waals surface area contributed by atoms with Crippen LogP contribution in [0.5, 0.6) is 0 Å². The summed E-state index contributed by atoms with van der Waals surface area (Å²) in [5.74, 6) is 1.98. The topological polar surface area (TPSA) is 65.8 Å². The smallest absolute Gasteiger partial charge is 0.191 e. The number of thioether (sulfide) groups is 1. The second-order valence-corrected chi connectivity index (χ2v) is 7.66. The summed E-state index contributed by atoms with van der Waals surface area (Å²) < 4.78 is 9.43. The van der Waals surface area contributed by atoms with Gasteiger partial charge in [0.1, 0.15) is 5.76 Å². The lowest BCUT2D eigenvalue weighted by Gasteiger charge is -2.13. The minimum Gasteiger partial charge on any atom is -0.469 e. The van der Waals surface area contributed by atoms with E-state index in [1.54, 1.807) is 6.26 Å². The molecule has 26 heavy (non-hydrogen) atoms. The van der Waals surface area contributed by atoms with E-state index in [0.29, 0.717) is 17.0 Å². The van der Waals surface area contributed by atoms with Crippen LogP contribution in [0.2, 0.25) is 0 Å². The highest BCUT2D eigenvalue weighted by molar-refractivity contribution is 7.99. The van der Waals surface area contributed by atoms with Crippen LogP contribution in [0, 0.1) is 20.8 Å². The minimum atomic E-state index is 0.110. The number of rotatable bonds is 6. The fourth-order valence-electron chi connectivity index (χ4n) is 3.35. The van der Waals surface area contributed by atoms with Crippen LogP contribution < -0.4 is 0 Å². The highest BCUT2D eigenvalue weighted by Gasteiger charge is 2.19. The average Bonchev–Trinajstić information content (AvgIpc) is 3.23. The molecule has 6 nitrogen and oxygen atoms in total.